The van der Waals surface area contributed by atoms with Gasteiger partial charge in [0, 0.05) is 12.6 Å². The van der Waals surface area contributed by atoms with Gasteiger partial charge in [-0.1, -0.05) is 18.7 Å². The Hall–Kier alpha value is -1.39. The molecule has 1 aliphatic rings. The summed E-state index contributed by atoms with van der Waals surface area (Å²) in [5, 5.41) is 2.72. The first-order valence-corrected chi connectivity index (χ1v) is 5.64. The maximum absolute atomic E-state index is 10.9. The normalized spacial score (nSPS) is 17.6. The first-order valence-electron chi connectivity index (χ1n) is 5.64. The summed E-state index contributed by atoms with van der Waals surface area (Å²) in [4.78, 5) is 10.9. The minimum atomic E-state index is -0.283. The van der Waals surface area contributed by atoms with Crippen molar-refractivity contribution in [1.82, 2.24) is 5.32 Å². The third-order valence-electron chi connectivity index (χ3n) is 2.26. The topological polar surface area (TPSA) is 47.6 Å². The molecule has 0 aromatic rings. The van der Waals surface area contributed by atoms with Crippen molar-refractivity contribution in [3.8, 4) is 0 Å². The molecule has 4 nitrogen and oxygen atoms in total. The zero-order valence-electron chi connectivity index (χ0n) is 10.4. The molecule has 0 atom stereocenters. The van der Waals surface area contributed by atoms with Crippen LogP contribution in [0.4, 0.5) is 0 Å². The lowest BCUT2D eigenvalue weighted by atomic mass is 10.2. The van der Waals surface area contributed by atoms with Gasteiger partial charge >= 0.3 is 0 Å². The minimum absolute atomic E-state index is 0.0796. The van der Waals surface area contributed by atoms with Crippen LogP contribution < -0.4 is 5.32 Å². The monoisotopic (exact) mass is 237 g/mol. The van der Waals surface area contributed by atoms with Crippen LogP contribution in [0.25, 0.3) is 0 Å². The second-order valence-corrected chi connectivity index (χ2v) is 3.76. The lowest BCUT2D eigenvalue weighted by Gasteiger charge is -2.10. The Bertz CT molecular complexity index is 339. The smallest absolute Gasteiger partial charge is 0.221 e. The molecule has 1 rings (SSSR count). The highest BCUT2D eigenvalue weighted by Gasteiger charge is 2.17. The fourth-order valence-electron chi connectivity index (χ4n) is 1.44. The average Bonchev–Trinajstić information content (AvgIpc) is 2.80. The Kier molecular flexibility index (Phi) is 5.66. The van der Waals surface area contributed by atoms with Gasteiger partial charge in [0.05, 0.1) is 13.2 Å². The van der Waals surface area contributed by atoms with Gasteiger partial charge in [-0.05, 0) is 25.0 Å². The van der Waals surface area contributed by atoms with E-state index in [1.807, 2.05) is 25.2 Å². The summed E-state index contributed by atoms with van der Waals surface area (Å²) in [6.45, 7) is 8.51. The Morgan fingerprint density at radius 1 is 1.47 bits per heavy atom. The molecule has 0 aromatic heterocycles. The maximum atomic E-state index is 10.9. The molecule has 17 heavy (non-hydrogen) atoms. The minimum Gasteiger partial charge on any atom is -0.346 e. The number of ether oxygens (including phenoxy) is 2. The van der Waals surface area contributed by atoms with Gasteiger partial charge in [-0.25, -0.2) is 0 Å². The van der Waals surface area contributed by atoms with Gasteiger partial charge < -0.3 is 14.8 Å². The van der Waals surface area contributed by atoms with E-state index in [0.29, 0.717) is 19.6 Å². The van der Waals surface area contributed by atoms with Crippen LogP contribution in [0.5, 0.6) is 0 Å². The van der Waals surface area contributed by atoms with Crippen LogP contribution in [0.15, 0.2) is 36.1 Å². The predicted molar refractivity (Wildman–Crippen MR) is 66.2 cm³/mol. The number of allylic oxidation sites excluding steroid dienone is 3. The molecule has 0 unspecified atom stereocenters. The summed E-state index contributed by atoms with van der Waals surface area (Å²) < 4.78 is 10.6. The second kappa shape index (κ2) is 7.04. The van der Waals surface area contributed by atoms with Crippen molar-refractivity contribution in [2.75, 3.05) is 13.2 Å². The van der Waals surface area contributed by atoms with Gasteiger partial charge in [-0.2, -0.15) is 0 Å². The van der Waals surface area contributed by atoms with Crippen molar-refractivity contribution >= 4 is 5.91 Å². The largest absolute Gasteiger partial charge is 0.346 e. The molecule has 0 aromatic carbocycles. The Balaban J connectivity index is 2.37. The van der Waals surface area contributed by atoms with Crippen LogP contribution in [0.1, 0.15) is 20.3 Å². The van der Waals surface area contributed by atoms with Crippen molar-refractivity contribution in [2.45, 2.75) is 26.6 Å². The SMILES string of the molecule is C=C(C/C=C\C(=C/C)NC(C)=O)C1OCCO1. The quantitative estimate of drug-likeness (QED) is 0.587. The Morgan fingerprint density at radius 2 is 2.12 bits per heavy atom. The molecule has 1 fully saturated rings. The first kappa shape index (κ1) is 13.7. The molecule has 1 amide bonds. The first-order chi connectivity index (χ1) is 8.13. The summed E-state index contributed by atoms with van der Waals surface area (Å²) in [5.74, 6) is -0.0796. The highest BCUT2D eigenvalue weighted by atomic mass is 16.7. The van der Waals surface area contributed by atoms with Crippen LogP contribution in [-0.2, 0) is 14.3 Å². The van der Waals surface area contributed by atoms with Crippen molar-refractivity contribution < 1.29 is 14.3 Å². The van der Waals surface area contributed by atoms with Gasteiger partial charge in [-0.3, -0.25) is 4.79 Å². The van der Waals surface area contributed by atoms with Gasteiger partial charge in [0.25, 0.3) is 0 Å². The molecule has 4 heteroatoms. The van der Waals surface area contributed by atoms with Crippen molar-refractivity contribution in [2.24, 2.45) is 0 Å². The average molecular weight is 237 g/mol. The number of amides is 1. The predicted octanol–water partition coefficient (Wildman–Crippen LogP) is 1.90. The second-order valence-electron chi connectivity index (χ2n) is 3.76. The number of carbonyl (C=O) groups is 1. The van der Waals surface area contributed by atoms with E-state index in [-0.39, 0.29) is 12.2 Å². The fourth-order valence-corrected chi connectivity index (χ4v) is 1.44. The summed E-state index contributed by atoms with van der Waals surface area (Å²) in [6, 6.07) is 0. The van der Waals surface area contributed by atoms with Crippen molar-refractivity contribution in [3.63, 3.8) is 0 Å². The van der Waals surface area contributed by atoms with Gasteiger partial charge in [0.2, 0.25) is 5.91 Å². The Morgan fingerprint density at radius 3 is 2.65 bits per heavy atom. The number of rotatable bonds is 5. The maximum Gasteiger partial charge on any atom is 0.221 e. The molecule has 0 spiro atoms. The van der Waals surface area contributed by atoms with E-state index in [0.717, 1.165) is 11.3 Å². The summed E-state index contributed by atoms with van der Waals surface area (Å²) in [6.07, 6.45) is 6.00. The zero-order chi connectivity index (χ0) is 12.7. The summed E-state index contributed by atoms with van der Waals surface area (Å²) in [7, 11) is 0. The van der Waals surface area contributed by atoms with Gasteiger partial charge in [0.15, 0.2) is 6.29 Å². The van der Waals surface area contributed by atoms with E-state index < -0.39 is 0 Å². The molecular weight excluding hydrogens is 218 g/mol. The molecule has 94 valence electrons. The summed E-state index contributed by atoms with van der Waals surface area (Å²) in [5.41, 5.74) is 1.66. The number of carbonyl (C=O) groups excluding carboxylic acids is 1. The zero-order valence-corrected chi connectivity index (χ0v) is 10.4. The molecule has 0 saturated carbocycles. The number of hydrogen-bond donors (Lipinski definition) is 1. The van der Waals surface area contributed by atoms with Gasteiger partial charge in [0.1, 0.15) is 0 Å². The third-order valence-corrected chi connectivity index (χ3v) is 2.26. The molecule has 0 aliphatic carbocycles. The van der Waals surface area contributed by atoms with E-state index in [2.05, 4.69) is 11.9 Å². The van der Waals surface area contributed by atoms with E-state index >= 15 is 0 Å². The highest BCUT2D eigenvalue weighted by Crippen LogP contribution is 2.15. The van der Waals surface area contributed by atoms with Crippen LogP contribution in [0, 0.1) is 0 Å². The summed E-state index contributed by atoms with van der Waals surface area (Å²) >= 11 is 0. The fraction of sp³-hybridized carbons (Fsp3) is 0.462. The number of hydrogen-bond acceptors (Lipinski definition) is 3. The van der Waals surface area contributed by atoms with E-state index in [4.69, 9.17) is 9.47 Å². The molecule has 1 aliphatic heterocycles. The third kappa shape index (κ3) is 4.97. The van der Waals surface area contributed by atoms with Crippen LogP contribution >= 0.6 is 0 Å². The van der Waals surface area contributed by atoms with Crippen LogP contribution in [0.2, 0.25) is 0 Å². The highest BCUT2D eigenvalue weighted by molar-refractivity contribution is 5.75. The van der Waals surface area contributed by atoms with Crippen molar-refractivity contribution in [3.05, 3.63) is 36.1 Å². The van der Waals surface area contributed by atoms with Crippen LogP contribution in [0.3, 0.4) is 0 Å². The molecule has 0 radical (unpaired) electrons. The molecule has 1 heterocycles. The molecule has 1 saturated heterocycles. The standard InChI is InChI=1S/C13H19NO3/c1-4-12(14-11(3)15)7-5-6-10(2)13-16-8-9-17-13/h4-5,7,13H,2,6,8-9H2,1,3H3,(H,14,15)/b7-5-,12-4+. The van der Waals surface area contributed by atoms with E-state index in [1.54, 1.807) is 0 Å². The van der Waals surface area contributed by atoms with Crippen LogP contribution in [-0.4, -0.2) is 25.4 Å². The molecule has 0 bridgehead atoms. The van der Waals surface area contributed by atoms with E-state index in [1.165, 1.54) is 6.92 Å². The Labute approximate surface area is 102 Å². The molecular formula is C13H19NO3. The van der Waals surface area contributed by atoms with Crippen molar-refractivity contribution in [1.29, 1.82) is 0 Å². The lowest BCUT2D eigenvalue weighted by molar-refractivity contribution is -0.118. The lowest BCUT2D eigenvalue weighted by Crippen LogP contribution is -2.17. The number of nitrogens with one attached hydrogen (secondary N) is 1. The van der Waals surface area contributed by atoms with Gasteiger partial charge in [-0.15, -0.1) is 0 Å². The van der Waals surface area contributed by atoms with E-state index in [9.17, 15) is 4.79 Å². The molecule has 1 N–H and O–H groups in total.